The first-order valence-electron chi connectivity index (χ1n) is 28.5. The zero-order chi connectivity index (χ0) is 61.1. The van der Waals surface area contributed by atoms with E-state index in [-0.39, 0.29) is 59.9 Å². The van der Waals surface area contributed by atoms with Gasteiger partial charge in [-0.15, -0.1) is 12.4 Å². The molecule has 23 heteroatoms. The molecule has 0 bridgehead atoms. The molecule has 2 fully saturated rings. The van der Waals surface area contributed by atoms with Crippen LogP contribution in [0.4, 0.5) is 22.7 Å². The molecule has 8 N–H and O–H groups in total. The summed E-state index contributed by atoms with van der Waals surface area (Å²) in [6.45, 7) is 21.1. The maximum atomic E-state index is 13.9. The summed E-state index contributed by atoms with van der Waals surface area (Å²) in [7, 11) is 0. The number of ether oxygens (including phenoxy) is 1. The van der Waals surface area contributed by atoms with Gasteiger partial charge < -0.3 is 57.1 Å². The van der Waals surface area contributed by atoms with E-state index in [0.29, 0.717) is 64.7 Å². The molecule has 458 valence electrons. The summed E-state index contributed by atoms with van der Waals surface area (Å²) in [5.41, 5.74) is 16.2. The van der Waals surface area contributed by atoms with Crippen molar-refractivity contribution in [1.82, 2.24) is 21.3 Å². The third kappa shape index (κ3) is 18.1. The number of nitrogens with two attached hydrogens (primary N) is 2. The quantitative estimate of drug-likeness (QED) is 0.0528. The lowest BCUT2D eigenvalue weighted by Crippen LogP contribution is -2.59. The number of nitrogens with zero attached hydrogens (tertiary/aromatic N) is 4. The summed E-state index contributed by atoms with van der Waals surface area (Å²) < 4.78 is 4.61. The molecule has 20 nitrogen and oxygen atoms in total. The van der Waals surface area contributed by atoms with Gasteiger partial charge in [-0.05, 0) is 147 Å². The van der Waals surface area contributed by atoms with E-state index in [0.717, 1.165) is 57.8 Å². The number of carbonyl (C=O) groups excluding carboxylic acids is 9. The van der Waals surface area contributed by atoms with Gasteiger partial charge in [0.05, 0.1) is 53.0 Å². The molecule has 2 unspecified atom stereocenters. The van der Waals surface area contributed by atoms with Crippen LogP contribution >= 0.6 is 35.1 Å². The van der Waals surface area contributed by atoms with Gasteiger partial charge in [0.1, 0.15) is 24.2 Å². The van der Waals surface area contributed by atoms with Crippen LogP contribution in [0.3, 0.4) is 0 Å². The fraction of sp³-hybridized carbons (Fsp3) is 0.525. The van der Waals surface area contributed by atoms with E-state index in [4.69, 9.17) is 11.5 Å². The standard InChI is InChI=1S/2C28H37N5O4S.C5H10O2.ClH/c2*1-17(2)13-20(31-27(37)28(3,4)29)25(35)30-21-14-19-7-5-8-22(32-11-6-9-23(32)34)24(19)33(26(21)36)15-18-10-12-38-16-18;1-4(2)7-5(3)6;/h2*5,7-8,10,12,16-17,20-21H,6,9,11,13-15,29H2,1-4H3,(H,30,35)(H,31,37);4H,1-3H3;1H/t2*20-,21?;;/m11../s1. The molecular formula is C61H85ClN10O10S2. The van der Waals surface area contributed by atoms with Crippen LogP contribution < -0.4 is 52.3 Å². The van der Waals surface area contributed by atoms with Crippen molar-refractivity contribution < 1.29 is 47.9 Å². The third-order valence-electron chi connectivity index (χ3n) is 14.1. The van der Waals surface area contributed by atoms with E-state index in [1.165, 1.54) is 6.92 Å². The molecular weight excluding hydrogens is 1130 g/mol. The number of rotatable bonds is 19. The van der Waals surface area contributed by atoms with Crippen molar-refractivity contribution in [2.45, 2.75) is 182 Å². The first kappa shape index (κ1) is 68.1. The topological polar surface area (TPSA) is 276 Å². The van der Waals surface area contributed by atoms with Crippen LogP contribution in [0.5, 0.6) is 0 Å². The Labute approximate surface area is 507 Å². The van der Waals surface area contributed by atoms with Gasteiger partial charge in [-0.1, -0.05) is 52.0 Å². The fourth-order valence-corrected chi connectivity index (χ4v) is 11.5. The number of nitrogens with one attached hydrogen (secondary N) is 4. The van der Waals surface area contributed by atoms with Crippen LogP contribution in [-0.2, 0) is 73.8 Å². The van der Waals surface area contributed by atoms with Crippen LogP contribution in [0.15, 0.2) is 70.1 Å². The van der Waals surface area contributed by atoms with Gasteiger partial charge in [0.25, 0.3) is 0 Å². The molecule has 0 spiro atoms. The van der Waals surface area contributed by atoms with Crippen molar-refractivity contribution in [2.75, 3.05) is 32.7 Å². The number of hydrogen-bond donors (Lipinski definition) is 6. The van der Waals surface area contributed by atoms with E-state index >= 15 is 0 Å². The fourth-order valence-electron chi connectivity index (χ4n) is 10.2. The number of carbonyl (C=O) groups is 9. The Morgan fingerprint density at radius 2 is 1.00 bits per heavy atom. The molecule has 2 aromatic carbocycles. The number of amides is 8. The molecule has 0 aliphatic carbocycles. The SMILES string of the molecule is CC(=O)OC(C)C.CC(C)C[C@@H](NC(=O)C(C)(C)N)C(=O)NC1Cc2cccc(N3CCCC3=O)c2N(Cc2ccsc2)C1=O.CC(C)C[C@@H](NC(=O)C(C)(C)N)C(=O)NC1Cc2cccc(N3CCCC3=O)c2N(Cc2ccsc2)C1=O.Cl. The number of para-hydroxylation sites is 2. The molecule has 0 radical (unpaired) electrons. The van der Waals surface area contributed by atoms with Gasteiger partial charge in [-0.2, -0.15) is 22.7 Å². The highest BCUT2D eigenvalue weighted by Crippen LogP contribution is 2.42. The first-order valence-corrected chi connectivity index (χ1v) is 30.4. The highest BCUT2D eigenvalue weighted by atomic mass is 35.5. The second-order valence-electron chi connectivity index (χ2n) is 23.9. The molecule has 4 atom stereocenters. The molecule has 6 heterocycles. The number of hydrogen-bond acceptors (Lipinski definition) is 14. The summed E-state index contributed by atoms with van der Waals surface area (Å²) in [5.74, 6) is -2.05. The molecule has 2 aromatic heterocycles. The molecule has 8 rings (SSSR count). The van der Waals surface area contributed by atoms with Crippen LogP contribution in [0.25, 0.3) is 0 Å². The van der Waals surface area contributed by atoms with Crippen LogP contribution in [-0.4, -0.2) is 108 Å². The van der Waals surface area contributed by atoms with Gasteiger partial charge in [0, 0.05) is 45.7 Å². The molecule has 84 heavy (non-hydrogen) atoms. The normalized spacial score (nSPS) is 17.5. The zero-order valence-corrected chi connectivity index (χ0v) is 52.7. The molecule has 8 amide bonds. The minimum absolute atomic E-state index is 0. The molecule has 4 aliphatic rings. The van der Waals surface area contributed by atoms with Crippen molar-refractivity contribution in [3.63, 3.8) is 0 Å². The summed E-state index contributed by atoms with van der Waals surface area (Å²) >= 11 is 3.09. The predicted molar refractivity (Wildman–Crippen MR) is 332 cm³/mol. The lowest BCUT2D eigenvalue weighted by Gasteiger charge is -2.37. The van der Waals surface area contributed by atoms with Gasteiger partial charge in [-0.25, -0.2) is 0 Å². The van der Waals surface area contributed by atoms with Gasteiger partial charge in [-0.3, -0.25) is 43.2 Å². The molecule has 0 saturated carbocycles. The first-order chi connectivity index (χ1) is 39.0. The Hall–Kier alpha value is -6.72. The smallest absolute Gasteiger partial charge is 0.302 e. The Morgan fingerprint density at radius 1 is 0.619 bits per heavy atom. The van der Waals surface area contributed by atoms with Crippen molar-refractivity contribution in [2.24, 2.45) is 23.3 Å². The Balaban J connectivity index is 0.000000273. The van der Waals surface area contributed by atoms with Crippen molar-refractivity contribution in [1.29, 1.82) is 0 Å². The van der Waals surface area contributed by atoms with E-state index in [9.17, 15) is 43.2 Å². The Morgan fingerprint density at radius 3 is 1.27 bits per heavy atom. The summed E-state index contributed by atoms with van der Waals surface area (Å²) in [4.78, 5) is 122. The van der Waals surface area contributed by atoms with Gasteiger partial charge >= 0.3 is 5.97 Å². The largest absolute Gasteiger partial charge is 0.463 e. The molecule has 2 saturated heterocycles. The summed E-state index contributed by atoms with van der Waals surface area (Å²) in [5, 5.41) is 19.3. The number of thiophene rings is 2. The summed E-state index contributed by atoms with van der Waals surface area (Å²) in [6, 6.07) is 12.1. The van der Waals surface area contributed by atoms with E-state index in [1.807, 2.05) is 112 Å². The van der Waals surface area contributed by atoms with Crippen LogP contribution in [0.1, 0.15) is 137 Å². The van der Waals surface area contributed by atoms with Crippen LogP contribution in [0, 0.1) is 11.8 Å². The average Bonchev–Trinajstić information content (AvgIpc) is 2.97. The minimum atomic E-state index is -1.14. The second kappa shape index (κ2) is 29.9. The monoisotopic (exact) mass is 1220 g/mol. The number of anilines is 4. The summed E-state index contributed by atoms with van der Waals surface area (Å²) in [6.07, 6.45) is 3.96. The van der Waals surface area contributed by atoms with E-state index in [2.05, 4.69) is 26.0 Å². The van der Waals surface area contributed by atoms with Gasteiger partial charge in [0.15, 0.2) is 0 Å². The highest BCUT2D eigenvalue weighted by molar-refractivity contribution is 7.08. The lowest BCUT2D eigenvalue weighted by atomic mass is 9.94. The number of benzene rings is 2. The number of halogens is 1. The number of esters is 1. The second-order valence-corrected chi connectivity index (χ2v) is 25.5. The maximum absolute atomic E-state index is 13.9. The Bertz CT molecular complexity index is 2790. The van der Waals surface area contributed by atoms with E-state index < -0.39 is 58.9 Å². The maximum Gasteiger partial charge on any atom is 0.302 e. The van der Waals surface area contributed by atoms with Gasteiger partial charge in [0.2, 0.25) is 47.3 Å². The van der Waals surface area contributed by atoms with Crippen LogP contribution in [0.2, 0.25) is 0 Å². The Kier molecular flexibility index (Phi) is 24.2. The number of fused-ring (bicyclic) bond motifs is 2. The third-order valence-corrected chi connectivity index (χ3v) is 15.6. The van der Waals surface area contributed by atoms with Crippen molar-refractivity contribution in [3.8, 4) is 0 Å². The zero-order valence-electron chi connectivity index (χ0n) is 50.2. The minimum Gasteiger partial charge on any atom is -0.463 e. The predicted octanol–water partition coefficient (Wildman–Crippen LogP) is 6.81. The molecule has 4 aromatic rings. The molecule has 4 aliphatic heterocycles. The van der Waals surface area contributed by atoms with E-state index in [1.54, 1.807) is 70.0 Å². The lowest BCUT2D eigenvalue weighted by molar-refractivity contribution is -0.144. The average molecular weight is 1220 g/mol. The highest BCUT2D eigenvalue weighted by Gasteiger charge is 2.41. The van der Waals surface area contributed by atoms with Crippen molar-refractivity contribution >= 4 is 111 Å². The van der Waals surface area contributed by atoms with Crippen molar-refractivity contribution in [3.05, 3.63) is 92.3 Å².